The van der Waals surface area contributed by atoms with E-state index in [-0.39, 0.29) is 11.5 Å². The molecule has 7 nitrogen and oxygen atoms in total. The number of halogens is 2. The molecule has 0 bridgehead atoms. The number of carbonyl (C=O) groups is 1. The van der Waals surface area contributed by atoms with Crippen LogP contribution in [0.5, 0.6) is 0 Å². The van der Waals surface area contributed by atoms with E-state index in [1.807, 2.05) is 6.07 Å². The summed E-state index contributed by atoms with van der Waals surface area (Å²) >= 11 is 0. The molecule has 3 heterocycles. The van der Waals surface area contributed by atoms with Crippen LogP contribution in [-0.2, 0) is 4.74 Å². The fourth-order valence-electron chi connectivity index (χ4n) is 4.49. The molecule has 32 heavy (non-hydrogen) atoms. The second-order valence-electron chi connectivity index (χ2n) is 8.37. The van der Waals surface area contributed by atoms with Gasteiger partial charge < -0.3 is 10.1 Å². The lowest BCUT2D eigenvalue weighted by atomic mass is 9.78. The maximum absolute atomic E-state index is 14.0. The average Bonchev–Trinajstić information content (AvgIpc) is 3.39. The van der Waals surface area contributed by atoms with Gasteiger partial charge >= 0.3 is 6.09 Å². The first-order chi connectivity index (χ1) is 15.5. The van der Waals surface area contributed by atoms with Crippen molar-refractivity contribution in [3.63, 3.8) is 0 Å². The molecule has 1 saturated carbocycles. The lowest BCUT2D eigenvalue weighted by Gasteiger charge is -2.35. The number of pyridine rings is 1. The molecule has 0 unspecified atom stereocenters. The third kappa shape index (κ3) is 3.90. The van der Waals surface area contributed by atoms with Gasteiger partial charge in [-0.25, -0.2) is 18.9 Å². The second kappa shape index (κ2) is 8.22. The van der Waals surface area contributed by atoms with Crippen molar-refractivity contribution in [3.05, 3.63) is 66.6 Å². The Hall–Kier alpha value is -3.49. The number of carbonyl (C=O) groups excluding carboxylic acids is 1. The molecule has 2 aliphatic rings. The van der Waals surface area contributed by atoms with Crippen LogP contribution in [0.25, 0.3) is 5.69 Å². The Morgan fingerprint density at radius 2 is 1.88 bits per heavy atom. The minimum absolute atomic E-state index is 0.156. The predicted octanol–water partition coefficient (Wildman–Crippen LogP) is 4.54. The first-order valence-electron chi connectivity index (χ1n) is 10.7. The third-order valence-corrected chi connectivity index (χ3v) is 6.28. The molecule has 1 aliphatic carbocycles. The van der Waals surface area contributed by atoms with Crippen molar-refractivity contribution >= 4 is 17.6 Å². The topological polar surface area (TPSA) is 72.3 Å². The SMILES string of the molecule is O=C1OC2(CCC(CNc3ccn(-c4ccccc4F)n3)CC2)CN1c1cccnc1F. The summed E-state index contributed by atoms with van der Waals surface area (Å²) in [6, 6.07) is 11.5. The number of hydrogen-bond donors (Lipinski definition) is 1. The van der Waals surface area contributed by atoms with Crippen molar-refractivity contribution in [2.75, 3.05) is 23.3 Å². The van der Waals surface area contributed by atoms with Crippen molar-refractivity contribution in [2.45, 2.75) is 31.3 Å². The van der Waals surface area contributed by atoms with E-state index in [0.29, 0.717) is 36.8 Å². The number of amides is 1. The summed E-state index contributed by atoms with van der Waals surface area (Å²) in [6.45, 7) is 1.06. The van der Waals surface area contributed by atoms with Crippen molar-refractivity contribution in [3.8, 4) is 5.69 Å². The molecule has 1 aromatic carbocycles. The van der Waals surface area contributed by atoms with Gasteiger partial charge in [-0.15, -0.1) is 0 Å². The molecule has 2 fully saturated rings. The Morgan fingerprint density at radius 1 is 1.09 bits per heavy atom. The summed E-state index contributed by atoms with van der Waals surface area (Å²) in [5.41, 5.74) is -0.0242. The molecule has 1 aliphatic heterocycles. The van der Waals surface area contributed by atoms with Crippen LogP contribution in [0.15, 0.2) is 54.9 Å². The summed E-state index contributed by atoms with van der Waals surface area (Å²) in [5.74, 6) is 0.0708. The summed E-state index contributed by atoms with van der Waals surface area (Å²) in [6.07, 6.45) is 5.73. The minimum atomic E-state index is -0.672. The van der Waals surface area contributed by atoms with E-state index in [0.717, 1.165) is 19.4 Å². The van der Waals surface area contributed by atoms with Crippen molar-refractivity contribution < 1.29 is 18.3 Å². The fraction of sp³-hybridized carbons (Fsp3) is 0.348. The summed E-state index contributed by atoms with van der Waals surface area (Å²) in [7, 11) is 0. The molecule has 1 amide bonds. The minimum Gasteiger partial charge on any atom is -0.441 e. The van der Waals surface area contributed by atoms with Crippen molar-refractivity contribution in [1.29, 1.82) is 0 Å². The fourth-order valence-corrected chi connectivity index (χ4v) is 4.49. The molecule has 9 heteroatoms. The summed E-state index contributed by atoms with van der Waals surface area (Å²) in [5, 5.41) is 7.73. The normalized spacial score (nSPS) is 22.9. The number of para-hydroxylation sites is 1. The van der Waals surface area contributed by atoms with Crippen LogP contribution in [0.2, 0.25) is 0 Å². The van der Waals surface area contributed by atoms with Crippen molar-refractivity contribution in [2.24, 2.45) is 5.92 Å². The smallest absolute Gasteiger partial charge is 0.415 e. The molecule has 0 atom stereocenters. The summed E-state index contributed by atoms with van der Waals surface area (Å²) < 4.78 is 35.2. The molecular formula is C23H23F2N5O2. The van der Waals surface area contributed by atoms with Gasteiger partial charge in [-0.05, 0) is 55.9 Å². The van der Waals surface area contributed by atoms with Gasteiger partial charge in [-0.2, -0.15) is 9.49 Å². The lowest BCUT2D eigenvalue weighted by Crippen LogP contribution is -2.39. The van der Waals surface area contributed by atoms with E-state index in [1.54, 1.807) is 36.5 Å². The van der Waals surface area contributed by atoms with E-state index in [9.17, 15) is 13.6 Å². The van der Waals surface area contributed by atoms with Crippen LogP contribution in [0.1, 0.15) is 25.7 Å². The van der Waals surface area contributed by atoms with Gasteiger partial charge in [0.05, 0.1) is 6.54 Å². The molecule has 0 radical (unpaired) electrons. The van der Waals surface area contributed by atoms with Gasteiger partial charge in [0.25, 0.3) is 0 Å². The van der Waals surface area contributed by atoms with Gasteiger partial charge in [-0.3, -0.25) is 4.90 Å². The van der Waals surface area contributed by atoms with Crippen LogP contribution < -0.4 is 10.2 Å². The zero-order valence-corrected chi connectivity index (χ0v) is 17.4. The highest BCUT2D eigenvalue weighted by Gasteiger charge is 2.48. The first kappa shape index (κ1) is 20.4. The highest BCUT2D eigenvalue weighted by atomic mass is 19.1. The largest absolute Gasteiger partial charge is 0.441 e. The van der Waals surface area contributed by atoms with Crippen LogP contribution in [0.4, 0.5) is 25.1 Å². The highest BCUT2D eigenvalue weighted by molar-refractivity contribution is 5.90. The summed E-state index contributed by atoms with van der Waals surface area (Å²) in [4.78, 5) is 17.4. The maximum Gasteiger partial charge on any atom is 0.415 e. The molecule has 3 aromatic rings. The van der Waals surface area contributed by atoms with E-state index in [4.69, 9.17) is 4.74 Å². The Labute approximate surface area is 184 Å². The molecule has 5 rings (SSSR count). The monoisotopic (exact) mass is 439 g/mol. The molecule has 2 aromatic heterocycles. The Morgan fingerprint density at radius 3 is 2.66 bits per heavy atom. The van der Waals surface area contributed by atoms with Crippen LogP contribution in [0.3, 0.4) is 0 Å². The van der Waals surface area contributed by atoms with E-state index in [2.05, 4.69) is 15.4 Å². The van der Waals surface area contributed by atoms with E-state index < -0.39 is 17.6 Å². The molecule has 1 saturated heterocycles. The number of ether oxygens (including phenoxy) is 1. The highest BCUT2D eigenvalue weighted by Crippen LogP contribution is 2.41. The van der Waals surface area contributed by atoms with Gasteiger partial charge in [-0.1, -0.05) is 12.1 Å². The first-order valence-corrected chi connectivity index (χ1v) is 10.7. The number of anilines is 2. The Kier molecular flexibility index (Phi) is 5.24. The number of rotatable bonds is 5. The molecule has 1 spiro atoms. The molecular weight excluding hydrogens is 416 g/mol. The standard InChI is InChI=1S/C23H23F2N5O2/c24-17-4-1-2-5-18(17)30-13-9-20(28-30)27-14-16-7-10-23(11-8-16)15-29(22(31)32-23)19-6-3-12-26-21(19)25/h1-6,9,12-13,16H,7-8,10-11,14-15H2,(H,27,28). The van der Waals surface area contributed by atoms with Crippen molar-refractivity contribution in [1.82, 2.24) is 14.8 Å². The Bertz CT molecular complexity index is 1130. The average molecular weight is 439 g/mol. The maximum atomic E-state index is 14.0. The third-order valence-electron chi connectivity index (χ3n) is 6.28. The van der Waals surface area contributed by atoms with E-state index in [1.165, 1.54) is 21.8 Å². The number of hydrogen-bond acceptors (Lipinski definition) is 5. The zero-order valence-electron chi connectivity index (χ0n) is 17.4. The van der Waals surface area contributed by atoms with Gasteiger partial charge in [0.1, 0.15) is 28.6 Å². The molecule has 1 N–H and O–H groups in total. The van der Waals surface area contributed by atoms with E-state index >= 15 is 0 Å². The number of nitrogens with one attached hydrogen (secondary N) is 1. The second-order valence-corrected chi connectivity index (χ2v) is 8.37. The zero-order chi connectivity index (χ0) is 22.1. The molecule has 166 valence electrons. The predicted molar refractivity (Wildman–Crippen MR) is 115 cm³/mol. The van der Waals surface area contributed by atoms with Gasteiger partial charge in [0.2, 0.25) is 5.95 Å². The van der Waals surface area contributed by atoms with Crippen LogP contribution >= 0.6 is 0 Å². The Balaban J connectivity index is 1.16. The van der Waals surface area contributed by atoms with Gasteiger partial charge in [0, 0.05) is 25.0 Å². The van der Waals surface area contributed by atoms with Crippen LogP contribution in [-0.4, -0.2) is 39.5 Å². The quantitative estimate of drug-likeness (QED) is 0.591. The van der Waals surface area contributed by atoms with Gasteiger partial charge in [0.15, 0.2) is 0 Å². The van der Waals surface area contributed by atoms with Crippen LogP contribution in [0, 0.1) is 17.7 Å². The number of benzene rings is 1. The number of aromatic nitrogens is 3. The number of nitrogens with zero attached hydrogens (tertiary/aromatic N) is 4. The lowest BCUT2D eigenvalue weighted by molar-refractivity contribution is 0.0148.